The van der Waals surface area contributed by atoms with Crippen molar-refractivity contribution in [3.8, 4) is 11.5 Å². The van der Waals surface area contributed by atoms with Crippen molar-refractivity contribution in [1.82, 2.24) is 0 Å². The van der Waals surface area contributed by atoms with E-state index in [4.69, 9.17) is 22.8 Å². The summed E-state index contributed by atoms with van der Waals surface area (Å²) in [7, 11) is -0.967. The SMILES string of the molecule is CCC(C)(C)O[Si](CCOc1c(Br)cc(C(C)(C)c2cc(Br)c(OCC[Si]3(C)C(C)(C)C3(C)C)c(Br)c2)cc1Br)(OC)OC. The van der Waals surface area contributed by atoms with Gasteiger partial charge in [0, 0.05) is 19.6 Å². The molecule has 1 aliphatic heterocycles. The van der Waals surface area contributed by atoms with E-state index < -0.39 is 16.9 Å². The van der Waals surface area contributed by atoms with Gasteiger partial charge in [-0.1, -0.05) is 55.0 Å². The molecule has 11 heteroatoms. The Balaban J connectivity index is 1.75. The highest BCUT2D eigenvalue weighted by molar-refractivity contribution is 9.11. The molecule has 0 aromatic heterocycles. The largest absolute Gasteiger partial charge is 0.504 e. The Morgan fingerprint density at radius 3 is 1.45 bits per heavy atom. The van der Waals surface area contributed by atoms with Crippen LogP contribution in [0.1, 0.15) is 79.9 Å². The maximum atomic E-state index is 6.39. The van der Waals surface area contributed by atoms with E-state index >= 15 is 0 Å². The molecule has 0 saturated carbocycles. The molecular weight excluding hydrogens is 852 g/mol. The molecule has 5 nitrogen and oxygen atoms in total. The van der Waals surface area contributed by atoms with Crippen molar-refractivity contribution in [2.45, 2.75) is 108 Å². The van der Waals surface area contributed by atoms with Gasteiger partial charge in [-0.15, -0.1) is 0 Å². The minimum atomic E-state index is -2.89. The lowest BCUT2D eigenvalue weighted by atomic mass is 9.78. The molecule has 0 spiro atoms. The third-order valence-electron chi connectivity index (χ3n) is 11.1. The fourth-order valence-electron chi connectivity index (χ4n) is 6.17. The van der Waals surface area contributed by atoms with E-state index in [1.54, 1.807) is 14.2 Å². The van der Waals surface area contributed by atoms with Crippen LogP contribution in [0.5, 0.6) is 11.5 Å². The quantitative estimate of drug-likeness (QED) is 0.167. The second kappa shape index (κ2) is 14.0. The van der Waals surface area contributed by atoms with Crippen LogP contribution in [0.3, 0.4) is 0 Å². The summed E-state index contributed by atoms with van der Waals surface area (Å²) in [6.07, 6.45) is 0.852. The molecular formula is C33H50Br4O5Si2. The van der Waals surface area contributed by atoms with Crippen molar-refractivity contribution in [3.63, 3.8) is 0 Å². The molecule has 0 radical (unpaired) electrons. The summed E-state index contributed by atoms with van der Waals surface area (Å²) in [5, 5.41) is 0.879. The highest BCUT2D eigenvalue weighted by Gasteiger charge is 2.74. The minimum absolute atomic E-state index is 0.302. The lowest BCUT2D eigenvalue weighted by molar-refractivity contribution is 0.00129. The lowest BCUT2D eigenvalue weighted by Crippen LogP contribution is -2.50. The number of ether oxygens (including phenoxy) is 2. The van der Waals surface area contributed by atoms with Crippen molar-refractivity contribution in [2.24, 2.45) is 0 Å². The molecule has 0 bridgehead atoms. The monoisotopic (exact) mass is 898 g/mol. The predicted molar refractivity (Wildman–Crippen MR) is 201 cm³/mol. The van der Waals surface area contributed by atoms with Crippen molar-refractivity contribution in [2.75, 3.05) is 27.4 Å². The zero-order valence-corrected chi connectivity index (χ0v) is 36.7. The fraction of sp³-hybridized carbons (Fsp3) is 0.636. The minimum Gasteiger partial charge on any atom is -0.492 e. The molecule has 0 amide bonds. The van der Waals surface area contributed by atoms with E-state index in [0.29, 0.717) is 22.7 Å². The van der Waals surface area contributed by atoms with Crippen LogP contribution >= 0.6 is 63.7 Å². The summed E-state index contributed by atoms with van der Waals surface area (Å²) < 4.78 is 34.2. The van der Waals surface area contributed by atoms with E-state index in [-0.39, 0.29) is 11.0 Å². The van der Waals surface area contributed by atoms with Gasteiger partial charge in [-0.2, -0.15) is 0 Å². The van der Waals surface area contributed by atoms with Crippen LogP contribution in [0.4, 0.5) is 0 Å². The normalized spacial score (nSPS) is 17.5. The van der Waals surface area contributed by atoms with Crippen LogP contribution in [0.15, 0.2) is 42.2 Å². The Morgan fingerprint density at radius 2 is 1.11 bits per heavy atom. The zero-order valence-electron chi connectivity index (χ0n) is 28.4. The average Bonchev–Trinajstić information content (AvgIpc) is 3.25. The van der Waals surface area contributed by atoms with Gasteiger partial charge in [-0.05, 0) is 136 Å². The van der Waals surface area contributed by atoms with Crippen LogP contribution in [0.25, 0.3) is 0 Å². The topological polar surface area (TPSA) is 46.2 Å². The standard InChI is InChI=1S/C33H50Br4O5Si2/c1-13-30(2,3)42-44(38-10,39-11)17-15-41-29-26(36)20-23(21-27(29)37)31(4,5)22-18-24(34)28(25(35)19-22)40-14-16-43(12)32(6,7)33(43,8)9/h18-21H,13-17H2,1-12H3. The van der Waals surface area contributed by atoms with Crippen molar-refractivity contribution < 1.29 is 22.8 Å². The van der Waals surface area contributed by atoms with E-state index in [1.807, 2.05) is 0 Å². The number of halogens is 4. The second-order valence-electron chi connectivity index (χ2n) is 14.2. The maximum Gasteiger partial charge on any atom is 0.504 e. The Morgan fingerprint density at radius 1 is 0.727 bits per heavy atom. The maximum absolute atomic E-state index is 6.39. The molecule has 248 valence electrons. The zero-order chi connectivity index (χ0) is 33.5. The molecule has 1 fully saturated rings. The number of hydrogen-bond donors (Lipinski definition) is 0. The van der Waals surface area contributed by atoms with E-state index in [9.17, 15) is 0 Å². The molecule has 2 aromatic rings. The first-order chi connectivity index (χ1) is 20.1. The van der Waals surface area contributed by atoms with Crippen LogP contribution in [0.2, 0.25) is 28.7 Å². The Bertz CT molecular complexity index is 1280. The summed E-state index contributed by atoms with van der Waals surface area (Å²) in [4.78, 5) is 0. The fourth-order valence-corrected chi connectivity index (χ4v) is 17.0. The molecule has 1 heterocycles. The number of rotatable bonds is 15. The van der Waals surface area contributed by atoms with Gasteiger partial charge in [0.2, 0.25) is 0 Å². The summed E-state index contributed by atoms with van der Waals surface area (Å²) in [5.74, 6) is 1.60. The van der Waals surface area contributed by atoms with Crippen molar-refractivity contribution in [1.29, 1.82) is 0 Å². The molecule has 44 heavy (non-hydrogen) atoms. The van der Waals surface area contributed by atoms with Gasteiger partial charge < -0.3 is 22.8 Å². The van der Waals surface area contributed by atoms with Gasteiger partial charge in [-0.3, -0.25) is 0 Å². The van der Waals surface area contributed by atoms with Crippen LogP contribution in [-0.4, -0.2) is 49.9 Å². The first-order valence-electron chi connectivity index (χ1n) is 15.2. The molecule has 1 saturated heterocycles. The summed E-state index contributed by atoms with van der Waals surface area (Å²) in [6, 6.07) is 10.3. The second-order valence-corrected chi connectivity index (χ2v) is 26.2. The number of hydrogen-bond acceptors (Lipinski definition) is 5. The molecule has 0 N–H and O–H groups in total. The van der Waals surface area contributed by atoms with Crippen molar-refractivity contribution in [3.05, 3.63) is 53.3 Å². The van der Waals surface area contributed by atoms with Gasteiger partial charge in [-0.25, -0.2) is 0 Å². The summed E-state index contributed by atoms with van der Waals surface area (Å²) in [5.41, 5.74) is 1.65. The highest BCUT2D eigenvalue weighted by atomic mass is 79.9. The van der Waals surface area contributed by atoms with Gasteiger partial charge in [0.1, 0.15) is 11.5 Å². The van der Waals surface area contributed by atoms with Crippen LogP contribution in [-0.2, 0) is 18.7 Å². The van der Waals surface area contributed by atoms with Crippen LogP contribution in [0, 0.1) is 0 Å². The third-order valence-corrected chi connectivity index (χ3v) is 24.1. The smallest absolute Gasteiger partial charge is 0.492 e. The van der Waals surface area contributed by atoms with E-state index in [0.717, 1.165) is 59.6 Å². The predicted octanol–water partition coefficient (Wildman–Crippen LogP) is 11.9. The average molecular weight is 903 g/mol. The highest BCUT2D eigenvalue weighted by Crippen LogP contribution is 2.82. The van der Waals surface area contributed by atoms with Crippen molar-refractivity contribution >= 4 is 80.6 Å². The molecule has 0 atom stereocenters. The molecule has 1 aliphatic rings. The number of benzene rings is 2. The summed E-state index contributed by atoms with van der Waals surface area (Å²) >= 11 is 15.2. The summed E-state index contributed by atoms with van der Waals surface area (Å²) in [6.45, 7) is 24.0. The molecule has 3 rings (SSSR count). The van der Waals surface area contributed by atoms with Crippen LogP contribution < -0.4 is 9.47 Å². The van der Waals surface area contributed by atoms with Gasteiger partial charge >= 0.3 is 8.80 Å². The Labute approximate surface area is 301 Å². The first-order valence-corrected chi connectivity index (χ1v) is 23.0. The molecule has 0 aliphatic carbocycles. The van der Waals surface area contributed by atoms with Gasteiger partial charge in [0.25, 0.3) is 0 Å². The Kier molecular flexibility index (Phi) is 12.3. The van der Waals surface area contributed by atoms with E-state index in [1.165, 1.54) is 0 Å². The molecule has 0 unspecified atom stereocenters. The lowest BCUT2D eigenvalue weighted by Gasteiger charge is -2.35. The Hall–Kier alpha value is 0.274. The van der Waals surface area contributed by atoms with Gasteiger partial charge in [0.15, 0.2) is 0 Å². The van der Waals surface area contributed by atoms with E-state index in [2.05, 4.69) is 157 Å². The molecule has 2 aromatic carbocycles. The van der Waals surface area contributed by atoms with Gasteiger partial charge in [0.05, 0.1) is 50.8 Å². The first kappa shape index (κ1) is 38.7. The third kappa shape index (κ3) is 7.46.